The number of rotatable bonds is 2. The fourth-order valence-electron chi connectivity index (χ4n) is 4.14. The van der Waals surface area contributed by atoms with E-state index in [1.807, 2.05) is 7.05 Å². The van der Waals surface area contributed by atoms with Crippen LogP contribution < -0.4 is 5.32 Å². The maximum atomic E-state index is 5.79. The van der Waals surface area contributed by atoms with Gasteiger partial charge < -0.3 is 15.0 Å². The molecule has 1 atom stereocenters. The zero-order valence-corrected chi connectivity index (χ0v) is 17.5. The van der Waals surface area contributed by atoms with Crippen molar-refractivity contribution in [2.75, 3.05) is 51.4 Å². The molecule has 1 unspecified atom stereocenters. The lowest BCUT2D eigenvalue weighted by atomic mass is 9.76. The van der Waals surface area contributed by atoms with Gasteiger partial charge in [-0.15, -0.1) is 24.0 Å². The molecule has 0 amide bonds. The Morgan fingerprint density at radius 2 is 2.09 bits per heavy atom. The highest BCUT2D eigenvalue weighted by Crippen LogP contribution is 2.37. The largest absolute Gasteiger partial charge is 0.381 e. The van der Waals surface area contributed by atoms with Gasteiger partial charge in [0.05, 0.1) is 6.61 Å². The van der Waals surface area contributed by atoms with Crippen LogP contribution in [-0.4, -0.2) is 62.3 Å². The second-order valence-electron chi connectivity index (χ2n) is 7.17. The number of piperidine rings is 1. The molecule has 4 nitrogen and oxygen atoms in total. The first-order chi connectivity index (χ1) is 10.8. The van der Waals surface area contributed by atoms with E-state index in [2.05, 4.69) is 27.0 Å². The number of nitrogens with zero attached hydrogens (tertiary/aromatic N) is 2. The standard InChI is InChI=1S/C17H31N3OS.HI/c1-18-16(19-12-15-4-10-22-11-5-15)20-8-2-6-17(13-20)7-3-9-21-14-17;/h15H,2-14H2,1H3,(H,18,19);1H. The van der Waals surface area contributed by atoms with Gasteiger partial charge in [0.25, 0.3) is 0 Å². The number of nitrogens with one attached hydrogen (secondary N) is 1. The molecule has 0 saturated carbocycles. The second-order valence-corrected chi connectivity index (χ2v) is 8.39. The van der Waals surface area contributed by atoms with E-state index in [0.717, 1.165) is 44.7 Å². The van der Waals surface area contributed by atoms with Crippen LogP contribution in [0.15, 0.2) is 4.99 Å². The Hall–Kier alpha value is 0.310. The molecule has 3 aliphatic heterocycles. The lowest BCUT2D eigenvalue weighted by Gasteiger charge is -2.45. The van der Waals surface area contributed by atoms with E-state index in [1.165, 1.54) is 50.0 Å². The summed E-state index contributed by atoms with van der Waals surface area (Å²) in [7, 11) is 1.93. The number of likely N-dealkylation sites (tertiary alicyclic amines) is 1. The molecule has 0 radical (unpaired) electrons. The van der Waals surface area contributed by atoms with Gasteiger partial charge in [0.1, 0.15) is 0 Å². The molecule has 3 heterocycles. The summed E-state index contributed by atoms with van der Waals surface area (Å²) >= 11 is 2.10. The van der Waals surface area contributed by atoms with Gasteiger partial charge in [-0.3, -0.25) is 4.99 Å². The second kappa shape index (κ2) is 9.70. The molecule has 0 bridgehead atoms. The molecule has 0 aromatic carbocycles. The van der Waals surface area contributed by atoms with E-state index in [-0.39, 0.29) is 24.0 Å². The summed E-state index contributed by atoms with van der Waals surface area (Å²) < 4.78 is 5.79. The van der Waals surface area contributed by atoms with Gasteiger partial charge in [0.2, 0.25) is 0 Å². The average Bonchev–Trinajstić information content (AvgIpc) is 2.57. The third kappa shape index (κ3) is 5.39. The summed E-state index contributed by atoms with van der Waals surface area (Å²) in [6.45, 7) is 5.25. The summed E-state index contributed by atoms with van der Waals surface area (Å²) in [5.74, 6) is 4.60. The fraction of sp³-hybridized carbons (Fsp3) is 0.941. The summed E-state index contributed by atoms with van der Waals surface area (Å²) in [4.78, 5) is 7.04. The van der Waals surface area contributed by atoms with Crippen LogP contribution >= 0.6 is 35.7 Å². The van der Waals surface area contributed by atoms with Crippen LogP contribution in [0.1, 0.15) is 38.5 Å². The van der Waals surface area contributed by atoms with Gasteiger partial charge >= 0.3 is 0 Å². The Balaban J connectivity index is 0.00000192. The van der Waals surface area contributed by atoms with Crippen LogP contribution in [0.3, 0.4) is 0 Å². The highest BCUT2D eigenvalue weighted by atomic mass is 127. The van der Waals surface area contributed by atoms with Crippen LogP contribution in [-0.2, 0) is 4.74 Å². The van der Waals surface area contributed by atoms with Crippen molar-refractivity contribution in [1.29, 1.82) is 0 Å². The average molecular weight is 453 g/mol. The maximum absolute atomic E-state index is 5.79. The van der Waals surface area contributed by atoms with Gasteiger partial charge in [-0.2, -0.15) is 11.8 Å². The summed E-state index contributed by atoms with van der Waals surface area (Å²) in [5.41, 5.74) is 0.385. The molecule has 0 aliphatic carbocycles. The van der Waals surface area contributed by atoms with Crippen molar-refractivity contribution in [3.8, 4) is 0 Å². The van der Waals surface area contributed by atoms with Crippen molar-refractivity contribution in [1.82, 2.24) is 10.2 Å². The van der Waals surface area contributed by atoms with E-state index < -0.39 is 0 Å². The third-order valence-corrected chi connectivity index (χ3v) is 6.52. The van der Waals surface area contributed by atoms with E-state index in [0.29, 0.717) is 5.41 Å². The van der Waals surface area contributed by atoms with Crippen LogP contribution in [0.4, 0.5) is 0 Å². The Bertz CT molecular complexity index is 377. The minimum atomic E-state index is 0. The SMILES string of the molecule is CN=C(NCC1CCSCC1)N1CCCC2(CCCOC2)C1.I. The number of aliphatic imine (C=N–C) groups is 1. The molecule has 1 N–H and O–H groups in total. The molecule has 3 rings (SSSR count). The Labute approximate surface area is 162 Å². The monoisotopic (exact) mass is 453 g/mol. The molecule has 1 spiro atoms. The number of ether oxygens (including phenoxy) is 1. The highest BCUT2D eigenvalue weighted by Gasteiger charge is 2.38. The third-order valence-electron chi connectivity index (χ3n) is 5.47. The zero-order valence-electron chi connectivity index (χ0n) is 14.4. The van der Waals surface area contributed by atoms with Crippen molar-refractivity contribution in [3.63, 3.8) is 0 Å². The number of guanidine groups is 1. The van der Waals surface area contributed by atoms with Gasteiger partial charge in [-0.25, -0.2) is 0 Å². The van der Waals surface area contributed by atoms with E-state index >= 15 is 0 Å². The molecule has 3 aliphatic rings. The summed E-state index contributed by atoms with van der Waals surface area (Å²) in [6.07, 6.45) is 7.84. The Kier molecular flexibility index (Phi) is 8.28. The minimum absolute atomic E-state index is 0. The first kappa shape index (κ1) is 19.6. The van der Waals surface area contributed by atoms with Crippen molar-refractivity contribution in [2.45, 2.75) is 38.5 Å². The first-order valence-corrected chi connectivity index (χ1v) is 10.1. The smallest absolute Gasteiger partial charge is 0.193 e. The van der Waals surface area contributed by atoms with Crippen LogP contribution in [0.2, 0.25) is 0 Å². The number of hydrogen-bond acceptors (Lipinski definition) is 3. The number of halogens is 1. The topological polar surface area (TPSA) is 36.9 Å². The quantitative estimate of drug-likeness (QED) is 0.396. The predicted molar refractivity (Wildman–Crippen MR) is 110 cm³/mol. The van der Waals surface area contributed by atoms with Gasteiger partial charge in [-0.05, 0) is 55.9 Å². The molecule has 23 heavy (non-hydrogen) atoms. The Morgan fingerprint density at radius 1 is 1.30 bits per heavy atom. The van der Waals surface area contributed by atoms with Crippen molar-refractivity contribution in [3.05, 3.63) is 0 Å². The zero-order chi connectivity index (χ0) is 15.3. The summed E-state index contributed by atoms with van der Waals surface area (Å²) in [6, 6.07) is 0. The lowest BCUT2D eigenvalue weighted by Crippen LogP contribution is -2.53. The molecule has 0 aromatic rings. The fourth-order valence-corrected chi connectivity index (χ4v) is 5.34. The number of hydrogen-bond donors (Lipinski definition) is 1. The molecular weight excluding hydrogens is 421 g/mol. The van der Waals surface area contributed by atoms with Crippen LogP contribution in [0, 0.1) is 11.3 Å². The lowest BCUT2D eigenvalue weighted by molar-refractivity contribution is -0.0370. The normalized spacial score (nSPS) is 30.1. The first-order valence-electron chi connectivity index (χ1n) is 8.92. The minimum Gasteiger partial charge on any atom is -0.381 e. The van der Waals surface area contributed by atoms with Gasteiger partial charge in [0, 0.05) is 38.7 Å². The molecule has 134 valence electrons. The molecule has 0 aromatic heterocycles. The van der Waals surface area contributed by atoms with E-state index in [9.17, 15) is 0 Å². The van der Waals surface area contributed by atoms with Crippen molar-refractivity contribution in [2.24, 2.45) is 16.3 Å². The van der Waals surface area contributed by atoms with Gasteiger partial charge in [-0.1, -0.05) is 0 Å². The number of thioether (sulfide) groups is 1. The van der Waals surface area contributed by atoms with Crippen LogP contribution in [0.5, 0.6) is 0 Å². The molecular formula is C17H32IN3OS. The highest BCUT2D eigenvalue weighted by molar-refractivity contribution is 14.0. The van der Waals surface area contributed by atoms with Crippen LogP contribution in [0.25, 0.3) is 0 Å². The van der Waals surface area contributed by atoms with E-state index in [1.54, 1.807) is 0 Å². The molecule has 3 fully saturated rings. The maximum Gasteiger partial charge on any atom is 0.193 e. The van der Waals surface area contributed by atoms with Crippen molar-refractivity contribution >= 4 is 41.7 Å². The Morgan fingerprint density at radius 3 is 2.78 bits per heavy atom. The van der Waals surface area contributed by atoms with Crippen molar-refractivity contribution < 1.29 is 4.74 Å². The predicted octanol–water partition coefficient (Wildman–Crippen LogP) is 3.22. The molecule has 3 saturated heterocycles. The summed E-state index contributed by atoms with van der Waals surface area (Å²) in [5, 5.41) is 3.66. The van der Waals surface area contributed by atoms with E-state index in [4.69, 9.17) is 4.74 Å². The van der Waals surface area contributed by atoms with Gasteiger partial charge in [0.15, 0.2) is 5.96 Å². The molecule has 6 heteroatoms.